The largest absolute Gasteiger partial charge is 0.481 e. The number of halogens is 9. The molecule has 7 nitrogen and oxygen atoms in total. The lowest BCUT2D eigenvalue weighted by molar-refractivity contribution is -0.308. The standard InChI is InChI=1S/C27H32F9N3O4/c1-23(21(40)41)4-2-8-38(16-23)19-13-17(12-18(14-19)25(28,29)30)15-39-9-3-5-24(39)6-10-37(11-7-24)22(42)43-20(26(31,32)33)27(34,35)36/h12-14,20H,2-11,15-16H2,1H3,(H,40,41). The van der Waals surface area contributed by atoms with E-state index in [0.717, 1.165) is 17.0 Å². The highest BCUT2D eigenvalue weighted by atomic mass is 19.4. The van der Waals surface area contributed by atoms with Gasteiger partial charge in [0, 0.05) is 44.0 Å². The number of hydrogen-bond donors (Lipinski definition) is 1. The molecule has 43 heavy (non-hydrogen) atoms. The molecule has 1 aromatic carbocycles. The maximum Gasteiger partial charge on any atom is 0.434 e. The second-order valence-electron chi connectivity index (χ2n) is 11.9. The first kappa shape index (κ1) is 33.0. The van der Waals surface area contributed by atoms with Crippen LogP contribution >= 0.6 is 0 Å². The van der Waals surface area contributed by atoms with Crippen molar-refractivity contribution >= 4 is 17.7 Å². The number of alkyl halides is 9. The number of rotatable bonds is 5. The van der Waals surface area contributed by atoms with Crippen molar-refractivity contribution in [2.45, 2.75) is 82.2 Å². The Morgan fingerprint density at radius 1 is 0.884 bits per heavy atom. The van der Waals surface area contributed by atoms with Gasteiger partial charge in [0.25, 0.3) is 6.10 Å². The molecule has 1 atom stereocenters. The molecule has 0 aliphatic carbocycles. The minimum absolute atomic E-state index is 0.0339. The quantitative estimate of drug-likeness (QED) is 0.376. The van der Waals surface area contributed by atoms with Crippen molar-refractivity contribution in [3.63, 3.8) is 0 Å². The normalized spacial score (nSPS) is 23.7. The van der Waals surface area contributed by atoms with Crippen LogP contribution in [0.15, 0.2) is 18.2 Å². The van der Waals surface area contributed by atoms with Crippen LogP contribution in [0.25, 0.3) is 0 Å². The fraction of sp³-hybridized carbons (Fsp3) is 0.704. The fourth-order valence-electron chi connectivity index (χ4n) is 6.37. The zero-order valence-corrected chi connectivity index (χ0v) is 23.2. The number of ether oxygens (including phenoxy) is 1. The number of aliphatic carboxylic acids is 1. The van der Waals surface area contributed by atoms with Crippen molar-refractivity contribution in [3.8, 4) is 0 Å². The number of benzene rings is 1. The Bertz CT molecular complexity index is 1180. The molecule has 0 aromatic heterocycles. The highest BCUT2D eigenvalue weighted by Gasteiger charge is 2.60. The van der Waals surface area contributed by atoms with E-state index in [9.17, 15) is 54.2 Å². The molecule has 3 aliphatic rings. The lowest BCUT2D eigenvalue weighted by Gasteiger charge is -2.45. The molecule has 3 fully saturated rings. The Morgan fingerprint density at radius 3 is 2.05 bits per heavy atom. The van der Waals surface area contributed by atoms with Crippen LogP contribution in [0.5, 0.6) is 0 Å². The van der Waals surface area contributed by atoms with Gasteiger partial charge in [0.05, 0.1) is 11.0 Å². The van der Waals surface area contributed by atoms with Crippen LogP contribution in [-0.4, -0.2) is 83.7 Å². The highest BCUT2D eigenvalue weighted by Crippen LogP contribution is 2.42. The first-order valence-corrected chi connectivity index (χ1v) is 13.8. The van der Waals surface area contributed by atoms with Gasteiger partial charge in [-0.25, -0.2) is 4.79 Å². The Morgan fingerprint density at radius 2 is 1.49 bits per heavy atom. The van der Waals surface area contributed by atoms with Gasteiger partial charge in [-0.2, -0.15) is 39.5 Å². The zero-order valence-electron chi connectivity index (χ0n) is 23.2. The van der Waals surface area contributed by atoms with Crippen LogP contribution in [-0.2, 0) is 22.3 Å². The van der Waals surface area contributed by atoms with Crippen LogP contribution < -0.4 is 4.90 Å². The van der Waals surface area contributed by atoms with Gasteiger partial charge in [0.1, 0.15) is 0 Å². The molecule has 16 heteroatoms. The van der Waals surface area contributed by atoms with Gasteiger partial charge in [-0.15, -0.1) is 0 Å². The van der Waals surface area contributed by atoms with Gasteiger partial charge in [0.2, 0.25) is 0 Å². The first-order chi connectivity index (χ1) is 19.7. The Kier molecular flexibility index (Phi) is 8.86. The number of piperidine rings is 2. The smallest absolute Gasteiger partial charge is 0.434 e. The van der Waals surface area contributed by atoms with Crippen molar-refractivity contribution in [1.29, 1.82) is 0 Å². The summed E-state index contributed by atoms with van der Waals surface area (Å²) < 4.78 is 123. The summed E-state index contributed by atoms with van der Waals surface area (Å²) >= 11 is 0. The van der Waals surface area contributed by atoms with Crippen molar-refractivity contribution in [2.24, 2.45) is 5.41 Å². The minimum atomic E-state index is -5.84. The molecule has 0 bridgehead atoms. The molecule has 1 N–H and O–H groups in total. The minimum Gasteiger partial charge on any atom is -0.481 e. The van der Waals surface area contributed by atoms with Crippen LogP contribution in [0, 0.1) is 5.41 Å². The van der Waals surface area contributed by atoms with Gasteiger partial charge >= 0.3 is 30.6 Å². The number of hydrogen-bond acceptors (Lipinski definition) is 5. The lowest BCUT2D eigenvalue weighted by atomic mass is 9.81. The van der Waals surface area contributed by atoms with E-state index in [-0.39, 0.29) is 44.7 Å². The lowest BCUT2D eigenvalue weighted by Crippen LogP contribution is -2.54. The van der Waals surface area contributed by atoms with Gasteiger partial charge in [-0.3, -0.25) is 9.69 Å². The number of carboxylic acid groups (broad SMARTS) is 1. The van der Waals surface area contributed by atoms with Crippen LogP contribution in [0.3, 0.4) is 0 Å². The third-order valence-corrected chi connectivity index (χ3v) is 8.76. The SMILES string of the molecule is CC1(C(=O)O)CCCN(c2cc(CN3CCCC34CCN(C(=O)OC(C(F)(F)F)C(F)(F)F)CC4)cc(C(F)(F)F)c2)C1. The van der Waals surface area contributed by atoms with Gasteiger partial charge < -0.3 is 19.6 Å². The average molecular weight is 634 g/mol. The summed E-state index contributed by atoms with van der Waals surface area (Å²) in [6, 6.07) is 3.61. The van der Waals surface area contributed by atoms with E-state index >= 15 is 0 Å². The predicted octanol–water partition coefficient (Wildman–Crippen LogP) is 6.46. The second kappa shape index (κ2) is 11.5. The monoisotopic (exact) mass is 633 g/mol. The van der Waals surface area contributed by atoms with Crippen LogP contribution in [0.1, 0.15) is 56.6 Å². The molecule has 1 spiro atoms. The number of carboxylic acids is 1. The van der Waals surface area contributed by atoms with Crippen molar-refractivity contribution in [1.82, 2.24) is 9.80 Å². The second-order valence-corrected chi connectivity index (χ2v) is 11.9. The summed E-state index contributed by atoms with van der Waals surface area (Å²) in [7, 11) is 0. The van der Waals surface area contributed by atoms with Crippen LogP contribution in [0.2, 0.25) is 0 Å². The third kappa shape index (κ3) is 7.26. The van der Waals surface area contributed by atoms with E-state index in [1.54, 1.807) is 17.9 Å². The molecule has 1 unspecified atom stereocenters. The summed E-state index contributed by atoms with van der Waals surface area (Å²) in [6.45, 7) is 2.16. The number of amides is 1. The molecule has 1 aromatic rings. The van der Waals surface area contributed by atoms with Gasteiger partial charge in [-0.1, -0.05) is 0 Å². The summed E-state index contributed by atoms with van der Waals surface area (Å²) in [4.78, 5) is 28.4. The highest BCUT2D eigenvalue weighted by molar-refractivity contribution is 5.75. The Labute approximate surface area is 241 Å². The predicted molar refractivity (Wildman–Crippen MR) is 134 cm³/mol. The fourth-order valence-corrected chi connectivity index (χ4v) is 6.37. The van der Waals surface area contributed by atoms with Crippen molar-refractivity contribution < 1.29 is 58.9 Å². The topological polar surface area (TPSA) is 73.3 Å². The number of carbonyl (C=O) groups is 2. The molecule has 4 rings (SSSR count). The number of anilines is 1. The van der Waals surface area contributed by atoms with E-state index in [0.29, 0.717) is 44.3 Å². The van der Waals surface area contributed by atoms with E-state index in [1.807, 2.05) is 4.90 Å². The first-order valence-electron chi connectivity index (χ1n) is 13.8. The number of nitrogens with zero attached hydrogens (tertiary/aromatic N) is 3. The molecule has 3 aliphatic heterocycles. The van der Waals surface area contributed by atoms with E-state index < -0.39 is 53.2 Å². The van der Waals surface area contributed by atoms with Crippen molar-refractivity contribution in [3.05, 3.63) is 29.3 Å². The molecular formula is C27H32F9N3O4. The van der Waals surface area contributed by atoms with Gasteiger partial charge in [-0.05, 0) is 75.8 Å². The number of carbonyl (C=O) groups excluding carboxylic acids is 1. The molecule has 3 saturated heterocycles. The molecule has 242 valence electrons. The molecule has 3 heterocycles. The summed E-state index contributed by atoms with van der Waals surface area (Å²) in [6.07, 6.45) is -19.9. The van der Waals surface area contributed by atoms with Crippen molar-refractivity contribution in [2.75, 3.05) is 37.6 Å². The van der Waals surface area contributed by atoms with E-state index in [4.69, 9.17) is 0 Å². The molecule has 0 saturated carbocycles. The molecule has 1 amide bonds. The van der Waals surface area contributed by atoms with Crippen LogP contribution in [0.4, 0.5) is 50.0 Å². The zero-order chi connectivity index (χ0) is 32.0. The van der Waals surface area contributed by atoms with E-state index in [2.05, 4.69) is 4.74 Å². The average Bonchev–Trinajstić information content (AvgIpc) is 3.26. The maximum atomic E-state index is 13.9. The Balaban J connectivity index is 1.50. The molecule has 0 radical (unpaired) electrons. The molecular weight excluding hydrogens is 601 g/mol. The summed E-state index contributed by atoms with van der Waals surface area (Å²) in [5, 5.41) is 9.65. The van der Waals surface area contributed by atoms with Gasteiger partial charge in [0.15, 0.2) is 0 Å². The summed E-state index contributed by atoms with van der Waals surface area (Å²) in [5.74, 6) is -1.04. The number of likely N-dealkylation sites (tertiary alicyclic amines) is 2. The van der Waals surface area contributed by atoms with E-state index in [1.165, 1.54) is 0 Å². The Hall–Kier alpha value is -2.91. The third-order valence-electron chi connectivity index (χ3n) is 8.76. The maximum absolute atomic E-state index is 13.9. The summed E-state index contributed by atoms with van der Waals surface area (Å²) in [5.41, 5.74) is -2.06.